The fourth-order valence-corrected chi connectivity index (χ4v) is 30.0. The van der Waals surface area contributed by atoms with E-state index in [0.717, 1.165) is 85.9 Å². The largest absolute Gasteiger partial charge is 2.00 e. The second kappa shape index (κ2) is 49.8. The molecule has 0 atom stereocenters. The molecule has 6 aromatic rings. The van der Waals surface area contributed by atoms with Crippen LogP contribution in [0.2, 0.25) is 36.3 Å². The Morgan fingerprint density at radius 1 is 0.252 bits per heavy atom. The molecular formula is C81H119BrMgN2O12Si6. The van der Waals surface area contributed by atoms with Crippen LogP contribution in [-0.2, 0) is 53.1 Å². The summed E-state index contributed by atoms with van der Waals surface area (Å²) in [6, 6.07) is 56.5. The van der Waals surface area contributed by atoms with Gasteiger partial charge in [0.25, 0.3) is 0 Å². The van der Waals surface area contributed by atoms with Crippen LogP contribution < -0.4 is 57.9 Å². The van der Waals surface area contributed by atoms with Crippen LogP contribution in [-0.4, -0.2) is 154 Å². The van der Waals surface area contributed by atoms with Gasteiger partial charge in [0.15, 0.2) is 0 Å². The van der Waals surface area contributed by atoms with E-state index in [0.29, 0.717) is 79.3 Å². The first-order chi connectivity index (χ1) is 49.0. The molecule has 0 amide bonds. The monoisotopic (exact) mass is 1580 g/mol. The molecule has 14 nitrogen and oxygen atoms in total. The summed E-state index contributed by atoms with van der Waals surface area (Å²) in [6.07, 6.45) is 13.4. The summed E-state index contributed by atoms with van der Waals surface area (Å²) in [4.78, 5) is 4.51. The topological polar surface area (TPSA) is 117 Å². The van der Waals surface area contributed by atoms with Gasteiger partial charge in [-0.2, -0.15) is 0 Å². The van der Waals surface area contributed by atoms with E-state index in [1.165, 1.54) is 21.6 Å². The third-order valence-corrected chi connectivity index (χ3v) is 38.0. The molecule has 0 saturated heterocycles. The summed E-state index contributed by atoms with van der Waals surface area (Å²) in [7, 11) is -16.1. The number of anilines is 6. The van der Waals surface area contributed by atoms with Gasteiger partial charge in [0, 0.05) is 129 Å². The zero-order chi connectivity index (χ0) is 74.2. The Bertz CT molecular complexity index is 2950. The molecule has 6 rings (SSSR count). The first kappa shape index (κ1) is 94.1. The number of benzene rings is 6. The molecule has 0 bridgehead atoms. The van der Waals surface area contributed by atoms with Crippen LogP contribution >= 0.6 is 0 Å². The van der Waals surface area contributed by atoms with E-state index in [1.807, 2.05) is 135 Å². The Balaban J connectivity index is 0.000000662. The third-order valence-electron chi connectivity index (χ3n) is 16.5. The van der Waals surface area contributed by atoms with Crippen molar-refractivity contribution in [2.24, 2.45) is 0 Å². The van der Waals surface area contributed by atoms with E-state index >= 15 is 0 Å². The van der Waals surface area contributed by atoms with Gasteiger partial charge in [-0.1, -0.05) is 109 Å². The number of allylic oxidation sites excluding steroid dienone is 7. The zero-order valence-electron chi connectivity index (χ0n) is 64.2. The van der Waals surface area contributed by atoms with E-state index in [4.69, 9.17) is 53.1 Å². The molecule has 0 N–H and O–H groups in total. The van der Waals surface area contributed by atoms with Gasteiger partial charge in [-0.25, -0.2) is 19.6 Å². The first-order valence-corrected chi connectivity index (χ1v) is 48.1. The van der Waals surface area contributed by atoms with Crippen LogP contribution in [0.5, 0.6) is 0 Å². The van der Waals surface area contributed by atoms with Crippen molar-refractivity contribution in [1.82, 2.24) is 0 Å². The molecule has 0 aliphatic heterocycles. The molecule has 0 unspecified atom stereocenters. The summed E-state index contributed by atoms with van der Waals surface area (Å²) in [5.41, 5.74) is 6.04. The first-order valence-electron chi connectivity index (χ1n) is 36.0. The van der Waals surface area contributed by atoms with Crippen molar-refractivity contribution >= 4 is 140 Å². The molecule has 0 heterocycles. The van der Waals surface area contributed by atoms with Crippen LogP contribution in [0.25, 0.3) is 0 Å². The van der Waals surface area contributed by atoms with Gasteiger partial charge >= 0.3 is 49.5 Å². The molecule has 0 spiro atoms. The van der Waals surface area contributed by atoms with Crippen molar-refractivity contribution in [3.05, 3.63) is 241 Å². The number of nitrogens with zero attached hydrogens (tertiary/aromatic N) is 2. The van der Waals surface area contributed by atoms with Crippen LogP contribution in [0.3, 0.4) is 0 Å². The normalized spacial score (nSPS) is 11.7. The minimum absolute atomic E-state index is 0. The van der Waals surface area contributed by atoms with Crippen molar-refractivity contribution in [3.63, 3.8) is 0 Å². The number of hydrogen-bond donors (Lipinski definition) is 0. The minimum atomic E-state index is -3.09. The maximum absolute atomic E-state index is 6.51. The molecule has 0 aliphatic carbocycles. The van der Waals surface area contributed by atoms with Gasteiger partial charge in [0.2, 0.25) is 25.0 Å². The van der Waals surface area contributed by atoms with Crippen molar-refractivity contribution < 1.29 is 70.1 Å². The van der Waals surface area contributed by atoms with Crippen LogP contribution in [0.4, 0.5) is 34.1 Å². The summed E-state index contributed by atoms with van der Waals surface area (Å²) in [6.45, 7) is 61.1. The van der Waals surface area contributed by atoms with Crippen molar-refractivity contribution in [1.29, 1.82) is 0 Å². The molecule has 0 aliphatic rings. The number of hydrogen-bond acceptors (Lipinski definition) is 14. The number of rotatable bonds is 48. The summed E-state index contributed by atoms with van der Waals surface area (Å²) >= 11 is 0. The van der Waals surface area contributed by atoms with Gasteiger partial charge in [-0.3, -0.25) is 0 Å². The van der Waals surface area contributed by atoms with E-state index in [1.54, 1.807) is 0 Å². The summed E-state index contributed by atoms with van der Waals surface area (Å²) in [5.74, 6) is 0. The fourth-order valence-electron chi connectivity index (χ4n) is 12.7. The van der Waals surface area contributed by atoms with Gasteiger partial charge in [-0.05, 0) is 208 Å². The third kappa shape index (κ3) is 25.1. The van der Waals surface area contributed by atoms with Crippen LogP contribution in [0.1, 0.15) is 83.1 Å². The molecule has 0 aromatic heterocycles. The fraction of sp³-hybridized carbons (Fsp3) is 0.370. The van der Waals surface area contributed by atoms with Gasteiger partial charge in [0.1, 0.15) is 0 Å². The van der Waals surface area contributed by atoms with E-state index in [9.17, 15) is 0 Å². The predicted octanol–water partition coefficient (Wildman–Crippen LogP) is 13.4. The second-order valence-corrected chi connectivity index (χ2v) is 41.7. The molecule has 0 saturated carbocycles. The SMILES string of the molecule is C=CC[Si](CC=C)(OCC)c1ccc(N(c2ccc([Si](CC=C)(CC=C)OCC)cc2)c2ccc([Si](CC=C)(CC=C)OCC)cc2)cc1.C=C[CH2-].CCO[Si](OCC)(OCC)c1ccc(N(c2ccc([Si](OCC)(OCC)OCC)cc2)c2ccc([Si](OCC)(OCC)OCC)cc2)cc1.[Br-].[Mg+2]. The quantitative estimate of drug-likeness (QED) is 0.0205. The van der Waals surface area contributed by atoms with E-state index in [2.05, 4.69) is 193 Å². The molecule has 0 fully saturated rings. The van der Waals surface area contributed by atoms with Gasteiger partial charge < -0.3 is 79.9 Å². The number of halogens is 1. The molecule has 6 aromatic carbocycles. The van der Waals surface area contributed by atoms with Crippen molar-refractivity contribution in [2.45, 2.75) is 119 Å². The standard InChI is InChI=1S/C42H57NO3Si3.C36H57NO9Si3.C3H5.BrH.Mg/c1-10-31-47(32-11-2,44-16-7)40-25-19-37(20-26-40)43(38-21-27-41(28-22-38)48(33-12-3,34-13-4)45-17-8)39-23-29-42(30-24-39)49(35-14-5,36-15-6)46-18-9;1-10-38-47(39-11-2,40-12-3)34-25-19-31(20-26-34)37(32-21-27-35(28-22-32)48(41-13-4,42-14-5)43-15-6)33-23-29-36(30-24-33)49(44-16-7,45-17-8)46-18-9;1-3-2;;/h10-15,19-30H,1-6,16-18,31-36H2,7-9H3;19-30H,10-18H2,1-9H3;3H,1-2H2;1H;/q;;-1;;+2/p-1. The van der Waals surface area contributed by atoms with E-state index in [-0.39, 0.29) is 40.0 Å². The molecular weight excluding hydrogens is 1470 g/mol. The maximum atomic E-state index is 6.51. The summed E-state index contributed by atoms with van der Waals surface area (Å²) < 4.78 is 75.3. The zero-order valence-corrected chi connectivity index (χ0v) is 73.2. The Morgan fingerprint density at radius 3 is 0.495 bits per heavy atom. The predicted molar refractivity (Wildman–Crippen MR) is 445 cm³/mol. The Kier molecular flexibility index (Phi) is 45.5. The second-order valence-electron chi connectivity index (χ2n) is 23.0. The summed E-state index contributed by atoms with van der Waals surface area (Å²) in [5, 5.41) is 6.46. The van der Waals surface area contributed by atoms with Crippen molar-refractivity contribution in [3.8, 4) is 0 Å². The van der Waals surface area contributed by atoms with Crippen LogP contribution in [0, 0.1) is 6.92 Å². The minimum Gasteiger partial charge on any atom is -1.00 e. The van der Waals surface area contributed by atoms with Gasteiger partial charge in [0.05, 0.1) is 0 Å². The Labute approximate surface area is 654 Å². The van der Waals surface area contributed by atoms with Crippen molar-refractivity contribution in [2.75, 3.05) is 89.1 Å². The maximum Gasteiger partial charge on any atom is 2.00 e. The van der Waals surface area contributed by atoms with Gasteiger partial charge in [-0.15, -0.1) is 39.5 Å². The average Bonchev–Trinajstić information content (AvgIpc) is 0.777. The Hall–Kier alpha value is -4.96. The molecule has 103 heavy (non-hydrogen) atoms. The average molecular weight is 1590 g/mol. The smallest absolute Gasteiger partial charge is 1.00 e. The molecule has 22 heteroatoms. The molecule has 0 radical (unpaired) electrons. The molecule has 558 valence electrons. The Morgan fingerprint density at radius 2 is 0.379 bits per heavy atom. The van der Waals surface area contributed by atoms with Crippen LogP contribution in [0.15, 0.2) is 234 Å². The van der Waals surface area contributed by atoms with E-state index < -0.39 is 51.4 Å².